The van der Waals surface area contributed by atoms with Gasteiger partial charge in [-0.05, 0) is 41.8 Å². The minimum absolute atomic E-state index is 0.750. The van der Waals surface area contributed by atoms with Gasteiger partial charge in [0.25, 0.3) is 0 Å². The molecule has 0 unspecified atom stereocenters. The van der Waals surface area contributed by atoms with E-state index in [1.807, 2.05) is 24.4 Å². The van der Waals surface area contributed by atoms with Gasteiger partial charge in [-0.3, -0.25) is 4.98 Å². The molecule has 5 heteroatoms. The van der Waals surface area contributed by atoms with E-state index in [9.17, 15) is 0 Å². The predicted octanol–water partition coefficient (Wildman–Crippen LogP) is 4.82. The molecule has 0 radical (unpaired) electrons. The molecule has 0 aliphatic carbocycles. The lowest BCUT2D eigenvalue weighted by Crippen LogP contribution is -2.21. The van der Waals surface area contributed by atoms with Gasteiger partial charge in [0.2, 0.25) is 0 Å². The first-order valence-corrected chi connectivity index (χ1v) is 9.60. The van der Waals surface area contributed by atoms with Crippen molar-refractivity contribution < 1.29 is 0 Å². The van der Waals surface area contributed by atoms with Crippen LogP contribution < -0.4 is 10.6 Å². The predicted molar refractivity (Wildman–Crippen MR) is 119 cm³/mol. The zero-order chi connectivity index (χ0) is 19.8. The van der Waals surface area contributed by atoms with Crippen molar-refractivity contribution in [3.8, 4) is 11.1 Å². The largest absolute Gasteiger partial charge is 0.385 e. The van der Waals surface area contributed by atoms with E-state index in [1.165, 1.54) is 16.7 Å². The van der Waals surface area contributed by atoms with Gasteiger partial charge < -0.3 is 15.6 Å². The smallest absolute Gasteiger partial charge is 0.140 e. The molecule has 29 heavy (non-hydrogen) atoms. The fraction of sp³-hybridized carbons (Fsp3) is 0.0833. The number of hydrogen-bond acceptors (Lipinski definition) is 4. The van der Waals surface area contributed by atoms with E-state index in [2.05, 4.69) is 58.0 Å². The molecule has 0 fully saturated rings. The lowest BCUT2D eigenvalue weighted by molar-refractivity contribution is 0.816. The quantitative estimate of drug-likeness (QED) is 0.475. The highest BCUT2D eigenvalue weighted by molar-refractivity contribution is 5.95. The van der Waals surface area contributed by atoms with Gasteiger partial charge in [-0.25, -0.2) is 4.98 Å². The van der Waals surface area contributed by atoms with Crippen molar-refractivity contribution in [2.75, 3.05) is 11.9 Å². The summed E-state index contributed by atoms with van der Waals surface area (Å²) in [4.78, 5) is 12.1. The van der Waals surface area contributed by atoms with Crippen LogP contribution >= 0.6 is 0 Å². The summed E-state index contributed by atoms with van der Waals surface area (Å²) in [6.45, 7) is 9.14. The number of nitrogens with zero attached hydrogens (tertiary/aromatic N) is 2. The average Bonchev–Trinajstić information content (AvgIpc) is 3.17. The summed E-state index contributed by atoms with van der Waals surface area (Å²) in [7, 11) is 0. The molecule has 1 aliphatic rings. The Kier molecular flexibility index (Phi) is 4.13. The zero-order valence-electron chi connectivity index (χ0n) is 16.0. The van der Waals surface area contributed by atoms with Crippen LogP contribution in [0.1, 0.15) is 16.7 Å². The Morgan fingerprint density at radius 1 is 1.03 bits per heavy atom. The molecule has 0 bridgehead atoms. The number of anilines is 1. The van der Waals surface area contributed by atoms with E-state index in [4.69, 9.17) is 4.98 Å². The molecule has 3 N–H and O–H groups in total. The number of H-pyrrole nitrogens is 1. The SMILES string of the molecule is C=C(Nc1ccc2c(-c3ccc4c(c3)CCNC4=C)c[nH]c2n1)c1ccncc1. The summed E-state index contributed by atoms with van der Waals surface area (Å²) in [5.74, 6) is 0.750. The Balaban J connectivity index is 1.45. The highest BCUT2D eigenvalue weighted by atomic mass is 15.0. The van der Waals surface area contributed by atoms with Crippen molar-refractivity contribution in [3.05, 3.63) is 90.9 Å². The van der Waals surface area contributed by atoms with Crippen molar-refractivity contribution in [3.63, 3.8) is 0 Å². The third-order valence-corrected chi connectivity index (χ3v) is 5.32. The molecule has 0 saturated heterocycles. The fourth-order valence-electron chi connectivity index (χ4n) is 3.80. The first-order chi connectivity index (χ1) is 14.2. The van der Waals surface area contributed by atoms with Gasteiger partial charge in [-0.2, -0.15) is 0 Å². The lowest BCUT2D eigenvalue weighted by Gasteiger charge is -2.20. The van der Waals surface area contributed by atoms with E-state index >= 15 is 0 Å². The van der Waals surface area contributed by atoms with Crippen LogP contribution in [0.2, 0.25) is 0 Å². The topological polar surface area (TPSA) is 65.6 Å². The summed E-state index contributed by atoms with van der Waals surface area (Å²) in [6.07, 6.45) is 6.53. The van der Waals surface area contributed by atoms with Gasteiger partial charge in [-0.15, -0.1) is 0 Å². The van der Waals surface area contributed by atoms with Crippen LogP contribution in [0.4, 0.5) is 5.82 Å². The lowest BCUT2D eigenvalue weighted by atomic mass is 9.94. The Hall–Kier alpha value is -3.86. The second-order valence-corrected chi connectivity index (χ2v) is 7.16. The number of rotatable bonds is 4. The van der Waals surface area contributed by atoms with Crippen molar-refractivity contribution in [2.45, 2.75) is 6.42 Å². The minimum atomic E-state index is 0.750. The summed E-state index contributed by atoms with van der Waals surface area (Å²) in [5.41, 5.74) is 8.50. The van der Waals surface area contributed by atoms with Gasteiger partial charge in [0, 0.05) is 58.6 Å². The molecule has 5 rings (SSSR count). The first-order valence-electron chi connectivity index (χ1n) is 9.60. The molecule has 0 atom stereocenters. The summed E-state index contributed by atoms with van der Waals surface area (Å²) < 4.78 is 0. The maximum atomic E-state index is 4.72. The second-order valence-electron chi connectivity index (χ2n) is 7.16. The van der Waals surface area contributed by atoms with Crippen LogP contribution in [-0.2, 0) is 6.42 Å². The van der Waals surface area contributed by atoms with Crippen LogP contribution in [0.3, 0.4) is 0 Å². The highest BCUT2D eigenvalue weighted by Crippen LogP contribution is 2.32. The van der Waals surface area contributed by atoms with E-state index in [-0.39, 0.29) is 0 Å². The standard InChI is InChI=1S/C24H21N5/c1-15(17-7-10-25-11-8-17)28-23-6-5-21-22(14-27-24(21)29-23)18-3-4-20-16(2)26-12-9-19(20)13-18/h3-8,10-11,13-14,26H,1-2,9,12H2,(H2,27,28,29). The maximum absolute atomic E-state index is 4.72. The van der Waals surface area contributed by atoms with Crippen LogP contribution in [-0.4, -0.2) is 21.5 Å². The summed E-state index contributed by atoms with van der Waals surface area (Å²) in [6, 6.07) is 14.5. The van der Waals surface area contributed by atoms with Gasteiger partial charge in [0.15, 0.2) is 0 Å². The number of hydrogen-bond donors (Lipinski definition) is 3. The van der Waals surface area contributed by atoms with Crippen molar-refractivity contribution >= 4 is 28.2 Å². The molecule has 142 valence electrons. The number of aromatic nitrogens is 3. The molecule has 4 heterocycles. The van der Waals surface area contributed by atoms with Gasteiger partial charge >= 0.3 is 0 Å². The summed E-state index contributed by atoms with van der Waals surface area (Å²) >= 11 is 0. The Bertz CT molecular complexity index is 1240. The molecule has 0 spiro atoms. The van der Waals surface area contributed by atoms with E-state index in [1.54, 1.807) is 12.4 Å². The second kappa shape index (κ2) is 6.95. The molecular weight excluding hydrogens is 358 g/mol. The normalized spacial score (nSPS) is 13.0. The molecule has 5 nitrogen and oxygen atoms in total. The molecule has 0 saturated carbocycles. The van der Waals surface area contributed by atoms with Crippen molar-refractivity contribution in [2.24, 2.45) is 0 Å². The van der Waals surface area contributed by atoms with E-state index in [0.717, 1.165) is 52.3 Å². The number of aromatic amines is 1. The van der Waals surface area contributed by atoms with E-state index in [0.29, 0.717) is 0 Å². The Labute approximate surface area is 169 Å². The molecule has 4 aromatic rings. The molecule has 1 aromatic carbocycles. The van der Waals surface area contributed by atoms with Crippen LogP contribution in [0.25, 0.3) is 33.6 Å². The van der Waals surface area contributed by atoms with Crippen LogP contribution in [0.15, 0.2) is 74.2 Å². The average molecular weight is 379 g/mol. The van der Waals surface area contributed by atoms with E-state index < -0.39 is 0 Å². The molecule has 1 aliphatic heterocycles. The number of nitrogens with one attached hydrogen (secondary N) is 3. The first kappa shape index (κ1) is 17.3. The fourth-order valence-corrected chi connectivity index (χ4v) is 3.80. The summed E-state index contributed by atoms with van der Waals surface area (Å²) in [5, 5.41) is 7.70. The van der Waals surface area contributed by atoms with Crippen molar-refractivity contribution in [1.82, 2.24) is 20.3 Å². The third-order valence-electron chi connectivity index (χ3n) is 5.32. The zero-order valence-corrected chi connectivity index (χ0v) is 16.0. The Morgan fingerprint density at radius 2 is 1.90 bits per heavy atom. The number of fused-ring (bicyclic) bond motifs is 2. The van der Waals surface area contributed by atoms with Crippen LogP contribution in [0.5, 0.6) is 0 Å². The van der Waals surface area contributed by atoms with Gasteiger partial charge in [-0.1, -0.05) is 31.4 Å². The monoisotopic (exact) mass is 379 g/mol. The van der Waals surface area contributed by atoms with Gasteiger partial charge in [0.05, 0.1) is 0 Å². The van der Waals surface area contributed by atoms with Gasteiger partial charge in [0.1, 0.15) is 11.5 Å². The van der Waals surface area contributed by atoms with Crippen molar-refractivity contribution in [1.29, 1.82) is 0 Å². The minimum Gasteiger partial charge on any atom is -0.385 e. The molecule has 3 aromatic heterocycles. The number of pyridine rings is 2. The molecule has 0 amide bonds. The maximum Gasteiger partial charge on any atom is 0.140 e. The third kappa shape index (κ3) is 3.17. The van der Waals surface area contributed by atoms with Crippen LogP contribution in [0, 0.1) is 0 Å². The highest BCUT2D eigenvalue weighted by Gasteiger charge is 2.15. The molecular formula is C24H21N5. The number of benzene rings is 1. The Morgan fingerprint density at radius 3 is 2.76 bits per heavy atom.